The van der Waals surface area contributed by atoms with Crippen LogP contribution in [0, 0.1) is 12.3 Å². The van der Waals surface area contributed by atoms with Crippen molar-refractivity contribution in [1.82, 2.24) is 10.3 Å². The lowest BCUT2D eigenvalue weighted by Crippen LogP contribution is -2.21. The lowest BCUT2D eigenvalue weighted by Gasteiger charge is -2.19. The molecule has 1 N–H and O–H groups in total. The molecule has 1 heterocycles. The van der Waals surface area contributed by atoms with Crippen LogP contribution in [0.1, 0.15) is 37.8 Å². The quantitative estimate of drug-likeness (QED) is 0.626. The summed E-state index contributed by atoms with van der Waals surface area (Å²) in [6.07, 6.45) is 10.1. The van der Waals surface area contributed by atoms with Gasteiger partial charge in [0.15, 0.2) is 0 Å². The van der Waals surface area contributed by atoms with E-state index in [1.807, 2.05) is 12.3 Å². The summed E-state index contributed by atoms with van der Waals surface area (Å²) in [6.45, 7) is 3.08. The lowest BCUT2D eigenvalue weighted by atomic mass is 9.98. The summed E-state index contributed by atoms with van der Waals surface area (Å²) >= 11 is 0. The highest BCUT2D eigenvalue weighted by molar-refractivity contribution is 5.81. The Morgan fingerprint density at radius 2 is 2.16 bits per heavy atom. The number of aromatic nitrogens is 1. The van der Waals surface area contributed by atoms with Crippen molar-refractivity contribution in [2.75, 3.05) is 6.54 Å². The van der Waals surface area contributed by atoms with Crippen LogP contribution < -0.4 is 5.32 Å². The molecule has 0 radical (unpaired) electrons. The number of nitrogens with zero attached hydrogens (tertiary/aromatic N) is 1. The predicted molar refractivity (Wildman–Crippen MR) is 80.8 cm³/mol. The zero-order chi connectivity index (χ0) is 13.5. The van der Waals surface area contributed by atoms with Gasteiger partial charge >= 0.3 is 0 Å². The highest BCUT2D eigenvalue weighted by Crippen LogP contribution is 2.25. The summed E-state index contributed by atoms with van der Waals surface area (Å²) in [5.41, 5.74) is 2.37. The second-order valence-corrected chi connectivity index (χ2v) is 4.63. The number of rotatable bonds is 6. The number of pyridine rings is 1. The Morgan fingerprint density at radius 3 is 2.95 bits per heavy atom. The molecule has 0 aliphatic heterocycles. The van der Waals surface area contributed by atoms with E-state index in [4.69, 9.17) is 6.42 Å². The molecule has 2 heteroatoms. The third kappa shape index (κ3) is 3.33. The van der Waals surface area contributed by atoms with Crippen molar-refractivity contribution in [3.8, 4) is 12.3 Å². The molecule has 2 rings (SSSR count). The van der Waals surface area contributed by atoms with Crippen LogP contribution >= 0.6 is 0 Å². The first kappa shape index (κ1) is 13.6. The molecular weight excluding hydrogens is 232 g/mol. The van der Waals surface area contributed by atoms with Crippen LogP contribution in [0.4, 0.5) is 0 Å². The Morgan fingerprint density at radius 1 is 1.32 bits per heavy atom. The maximum Gasteiger partial charge on any atom is 0.0749 e. The SMILES string of the molecule is C#CCCCC(NCC)c1cccc2cccnc12. The highest BCUT2D eigenvalue weighted by Gasteiger charge is 2.13. The molecule has 1 aromatic carbocycles. The Labute approximate surface area is 115 Å². The van der Waals surface area contributed by atoms with Gasteiger partial charge in [-0.15, -0.1) is 12.3 Å². The van der Waals surface area contributed by atoms with Crippen LogP contribution in [-0.4, -0.2) is 11.5 Å². The van der Waals surface area contributed by atoms with E-state index in [0.29, 0.717) is 6.04 Å². The first-order valence-electron chi connectivity index (χ1n) is 6.87. The van der Waals surface area contributed by atoms with E-state index in [-0.39, 0.29) is 0 Å². The van der Waals surface area contributed by atoms with E-state index < -0.39 is 0 Å². The number of unbranched alkanes of at least 4 members (excludes halogenated alkanes) is 1. The molecular formula is C17H20N2. The summed E-state index contributed by atoms with van der Waals surface area (Å²) in [6, 6.07) is 10.8. The second kappa shape index (κ2) is 6.92. The molecule has 0 saturated carbocycles. The standard InChI is InChI=1S/C17H20N2/c1-3-5-6-12-16(18-4-2)15-11-7-9-14-10-8-13-19-17(14)15/h1,7-11,13,16,18H,4-6,12H2,2H3. The highest BCUT2D eigenvalue weighted by atomic mass is 14.9. The van der Waals surface area contributed by atoms with Crippen molar-refractivity contribution >= 4 is 10.9 Å². The second-order valence-electron chi connectivity index (χ2n) is 4.63. The van der Waals surface area contributed by atoms with Gasteiger partial charge in [0.1, 0.15) is 0 Å². The van der Waals surface area contributed by atoms with Gasteiger partial charge in [0.05, 0.1) is 5.52 Å². The van der Waals surface area contributed by atoms with Crippen LogP contribution in [0.25, 0.3) is 10.9 Å². The largest absolute Gasteiger partial charge is 0.310 e. The first-order valence-corrected chi connectivity index (χ1v) is 6.87. The van der Waals surface area contributed by atoms with Crippen molar-refractivity contribution < 1.29 is 0 Å². The molecule has 0 saturated heterocycles. The Kier molecular flexibility index (Phi) is 4.94. The maximum absolute atomic E-state index is 5.34. The van der Waals surface area contributed by atoms with E-state index in [2.05, 4.69) is 47.4 Å². The molecule has 2 aromatic rings. The molecule has 0 bridgehead atoms. The molecule has 0 aliphatic carbocycles. The monoisotopic (exact) mass is 252 g/mol. The van der Waals surface area contributed by atoms with Crippen LogP contribution in [0.2, 0.25) is 0 Å². The van der Waals surface area contributed by atoms with Gasteiger partial charge in [-0.3, -0.25) is 4.98 Å². The fourth-order valence-electron chi connectivity index (χ4n) is 2.43. The van der Waals surface area contributed by atoms with Gasteiger partial charge in [-0.05, 0) is 31.0 Å². The summed E-state index contributed by atoms with van der Waals surface area (Å²) < 4.78 is 0. The molecule has 2 nitrogen and oxygen atoms in total. The summed E-state index contributed by atoms with van der Waals surface area (Å²) in [7, 11) is 0. The fraction of sp³-hybridized carbons (Fsp3) is 0.353. The average molecular weight is 252 g/mol. The number of benzene rings is 1. The van der Waals surface area contributed by atoms with Crippen LogP contribution in [0.5, 0.6) is 0 Å². The van der Waals surface area contributed by atoms with E-state index in [1.54, 1.807) is 0 Å². The Bertz CT molecular complexity index is 563. The number of hydrogen-bond acceptors (Lipinski definition) is 2. The van der Waals surface area contributed by atoms with Gasteiger partial charge in [0.25, 0.3) is 0 Å². The third-order valence-corrected chi connectivity index (χ3v) is 3.30. The summed E-state index contributed by atoms with van der Waals surface area (Å²) in [4.78, 5) is 4.53. The molecule has 0 fully saturated rings. The van der Waals surface area contributed by atoms with Gasteiger partial charge in [-0.2, -0.15) is 0 Å². The van der Waals surface area contributed by atoms with Gasteiger partial charge in [0.2, 0.25) is 0 Å². The lowest BCUT2D eigenvalue weighted by molar-refractivity contribution is 0.504. The molecule has 0 spiro atoms. The number of para-hydroxylation sites is 1. The predicted octanol–water partition coefficient (Wildman–Crippen LogP) is 3.69. The van der Waals surface area contributed by atoms with Gasteiger partial charge in [-0.25, -0.2) is 0 Å². The molecule has 1 aromatic heterocycles. The number of fused-ring (bicyclic) bond motifs is 1. The minimum absolute atomic E-state index is 0.331. The van der Waals surface area contributed by atoms with Gasteiger partial charge in [-0.1, -0.05) is 31.2 Å². The summed E-state index contributed by atoms with van der Waals surface area (Å²) in [5, 5.41) is 4.74. The number of nitrogens with one attached hydrogen (secondary N) is 1. The zero-order valence-electron chi connectivity index (χ0n) is 11.4. The van der Waals surface area contributed by atoms with Crippen LogP contribution in [0.3, 0.4) is 0 Å². The molecule has 98 valence electrons. The summed E-state index contributed by atoms with van der Waals surface area (Å²) in [5.74, 6) is 2.71. The van der Waals surface area contributed by atoms with Crippen molar-refractivity contribution in [3.05, 3.63) is 42.1 Å². The maximum atomic E-state index is 5.34. The topological polar surface area (TPSA) is 24.9 Å². The third-order valence-electron chi connectivity index (χ3n) is 3.30. The Hall–Kier alpha value is -1.85. The van der Waals surface area contributed by atoms with Crippen LogP contribution in [0.15, 0.2) is 36.5 Å². The Balaban J connectivity index is 2.30. The molecule has 1 atom stereocenters. The van der Waals surface area contributed by atoms with Gasteiger partial charge in [0, 0.05) is 24.0 Å². The fourth-order valence-corrected chi connectivity index (χ4v) is 2.43. The minimum Gasteiger partial charge on any atom is -0.310 e. The molecule has 0 aliphatic rings. The normalized spacial score (nSPS) is 12.2. The zero-order valence-corrected chi connectivity index (χ0v) is 11.4. The van der Waals surface area contributed by atoms with E-state index in [1.165, 1.54) is 10.9 Å². The van der Waals surface area contributed by atoms with E-state index in [9.17, 15) is 0 Å². The number of terminal acetylenes is 1. The molecule has 19 heavy (non-hydrogen) atoms. The van der Waals surface area contributed by atoms with Crippen molar-refractivity contribution in [1.29, 1.82) is 0 Å². The van der Waals surface area contributed by atoms with Crippen molar-refractivity contribution in [3.63, 3.8) is 0 Å². The smallest absolute Gasteiger partial charge is 0.0749 e. The van der Waals surface area contributed by atoms with E-state index >= 15 is 0 Å². The minimum atomic E-state index is 0.331. The average Bonchev–Trinajstić information content (AvgIpc) is 2.46. The van der Waals surface area contributed by atoms with E-state index in [0.717, 1.165) is 31.3 Å². The van der Waals surface area contributed by atoms with Crippen LogP contribution in [-0.2, 0) is 0 Å². The van der Waals surface area contributed by atoms with Crippen molar-refractivity contribution in [2.45, 2.75) is 32.2 Å². The molecule has 1 unspecified atom stereocenters. The number of hydrogen-bond donors (Lipinski definition) is 1. The van der Waals surface area contributed by atoms with Gasteiger partial charge < -0.3 is 5.32 Å². The van der Waals surface area contributed by atoms with Crippen molar-refractivity contribution in [2.24, 2.45) is 0 Å². The molecule has 0 amide bonds. The first-order chi connectivity index (χ1) is 9.36.